The zero-order valence-corrected chi connectivity index (χ0v) is 7.46. The van der Waals surface area contributed by atoms with Crippen LogP contribution in [0, 0.1) is 0 Å². The van der Waals surface area contributed by atoms with Crippen LogP contribution in [0.25, 0.3) is 0 Å². The van der Waals surface area contributed by atoms with Crippen molar-refractivity contribution in [1.29, 1.82) is 0 Å². The van der Waals surface area contributed by atoms with Gasteiger partial charge in [0.1, 0.15) is 15.4 Å². The predicted octanol–water partition coefficient (Wildman–Crippen LogP) is 0.0677. The summed E-state index contributed by atoms with van der Waals surface area (Å²) in [6.07, 6.45) is 0.835. The van der Waals surface area contributed by atoms with Gasteiger partial charge in [0.25, 0.3) is 0 Å². The number of hydrogen-bond acceptors (Lipinski definition) is 3. The SMILES string of the molecule is COC(OC)[Si]CCCO. The van der Waals surface area contributed by atoms with E-state index >= 15 is 0 Å². The lowest BCUT2D eigenvalue weighted by molar-refractivity contribution is -0.0441. The van der Waals surface area contributed by atoms with Crippen LogP contribution in [0.3, 0.4) is 0 Å². The highest BCUT2D eigenvalue weighted by molar-refractivity contribution is 6.36. The minimum Gasteiger partial charge on any atom is -0.396 e. The van der Waals surface area contributed by atoms with Crippen LogP contribution in [-0.2, 0) is 9.47 Å². The molecule has 0 amide bonds. The molecule has 0 aliphatic heterocycles. The summed E-state index contributed by atoms with van der Waals surface area (Å²) in [5, 5.41) is 8.45. The molecule has 3 nitrogen and oxygen atoms in total. The van der Waals surface area contributed by atoms with Crippen LogP contribution in [0.2, 0.25) is 6.04 Å². The minimum absolute atomic E-state index is 0.0773. The lowest BCUT2D eigenvalue weighted by Crippen LogP contribution is -2.21. The molecule has 2 radical (unpaired) electrons. The second kappa shape index (κ2) is 7.21. The monoisotopic (exact) mass is 162 g/mol. The molecule has 0 aliphatic rings. The molecule has 0 bridgehead atoms. The molecule has 0 rings (SSSR count). The van der Waals surface area contributed by atoms with Crippen molar-refractivity contribution < 1.29 is 14.6 Å². The van der Waals surface area contributed by atoms with E-state index in [1.165, 1.54) is 0 Å². The van der Waals surface area contributed by atoms with Gasteiger partial charge in [-0.25, -0.2) is 0 Å². The minimum atomic E-state index is -0.0773. The zero-order valence-electron chi connectivity index (χ0n) is 6.46. The molecule has 0 aromatic carbocycles. The van der Waals surface area contributed by atoms with E-state index in [2.05, 4.69) is 0 Å². The molecule has 0 fully saturated rings. The molecule has 60 valence electrons. The fraction of sp³-hybridized carbons (Fsp3) is 1.00. The number of aliphatic hydroxyl groups is 1. The van der Waals surface area contributed by atoms with E-state index in [4.69, 9.17) is 14.6 Å². The first-order chi connectivity index (χ1) is 4.85. The van der Waals surface area contributed by atoms with Crippen LogP contribution in [0.4, 0.5) is 0 Å². The summed E-state index contributed by atoms with van der Waals surface area (Å²) in [5.74, 6) is -0.0773. The number of ether oxygens (including phenoxy) is 2. The van der Waals surface area contributed by atoms with E-state index in [1.807, 2.05) is 0 Å². The summed E-state index contributed by atoms with van der Waals surface area (Å²) in [7, 11) is 3.88. The highest BCUT2D eigenvalue weighted by Crippen LogP contribution is 1.94. The van der Waals surface area contributed by atoms with Crippen molar-refractivity contribution in [2.45, 2.75) is 18.4 Å². The van der Waals surface area contributed by atoms with Gasteiger partial charge in [-0.2, -0.15) is 0 Å². The van der Waals surface area contributed by atoms with E-state index in [0.717, 1.165) is 12.5 Å². The standard InChI is InChI=1S/C6H14O3Si/c1-8-6(9-2)10-5-3-4-7/h6-7H,3-5H2,1-2H3. The van der Waals surface area contributed by atoms with Gasteiger partial charge in [-0.3, -0.25) is 0 Å². The fourth-order valence-corrected chi connectivity index (χ4v) is 1.49. The third kappa shape index (κ3) is 4.93. The molecule has 0 spiro atoms. The van der Waals surface area contributed by atoms with Crippen molar-refractivity contribution in [3.8, 4) is 0 Å². The normalized spacial score (nSPS) is 10.8. The number of hydrogen-bond donors (Lipinski definition) is 1. The van der Waals surface area contributed by atoms with Crippen molar-refractivity contribution in [1.82, 2.24) is 0 Å². The first-order valence-corrected chi connectivity index (χ1v) is 4.53. The average molecular weight is 162 g/mol. The number of aliphatic hydroxyl groups excluding tert-OH is 1. The van der Waals surface area contributed by atoms with Crippen LogP contribution < -0.4 is 0 Å². The molecule has 0 atom stereocenters. The summed E-state index contributed by atoms with van der Waals surface area (Å²) in [4.78, 5) is 0. The molecule has 0 saturated heterocycles. The van der Waals surface area contributed by atoms with Gasteiger partial charge in [0.2, 0.25) is 0 Å². The molecule has 10 heavy (non-hydrogen) atoms. The van der Waals surface area contributed by atoms with E-state index in [1.54, 1.807) is 14.2 Å². The van der Waals surface area contributed by atoms with Crippen LogP contribution in [0.15, 0.2) is 0 Å². The molecular weight excluding hydrogens is 148 g/mol. The summed E-state index contributed by atoms with van der Waals surface area (Å²) in [6, 6.07) is 0.975. The Kier molecular flexibility index (Phi) is 7.28. The first kappa shape index (κ1) is 10.1. The van der Waals surface area contributed by atoms with E-state index in [0.29, 0.717) is 9.52 Å². The van der Waals surface area contributed by atoms with Crippen molar-refractivity contribution in [3.63, 3.8) is 0 Å². The first-order valence-electron chi connectivity index (χ1n) is 3.25. The van der Waals surface area contributed by atoms with Gasteiger partial charge in [-0.15, -0.1) is 0 Å². The van der Waals surface area contributed by atoms with Crippen LogP contribution in [-0.4, -0.2) is 41.4 Å². The Bertz CT molecular complexity index is 66.0. The van der Waals surface area contributed by atoms with Gasteiger partial charge in [0.05, 0.1) is 0 Å². The maximum atomic E-state index is 8.45. The topological polar surface area (TPSA) is 38.7 Å². The third-order valence-corrected chi connectivity index (χ3v) is 2.52. The number of methoxy groups -OCH3 is 2. The van der Waals surface area contributed by atoms with Crippen LogP contribution in [0.5, 0.6) is 0 Å². The Labute approximate surface area is 64.2 Å². The maximum absolute atomic E-state index is 8.45. The lowest BCUT2D eigenvalue weighted by Gasteiger charge is -2.10. The van der Waals surface area contributed by atoms with E-state index in [9.17, 15) is 0 Å². The molecule has 4 heteroatoms. The fourth-order valence-electron chi connectivity index (χ4n) is 0.562. The summed E-state index contributed by atoms with van der Waals surface area (Å²) < 4.78 is 9.91. The summed E-state index contributed by atoms with van der Waals surface area (Å²) in [5.41, 5.74) is 0. The second-order valence-corrected chi connectivity index (χ2v) is 3.21. The molecule has 0 saturated carbocycles. The molecular formula is C6H14O3Si. The van der Waals surface area contributed by atoms with E-state index in [-0.39, 0.29) is 12.5 Å². The Morgan fingerprint density at radius 3 is 2.40 bits per heavy atom. The largest absolute Gasteiger partial charge is 0.396 e. The van der Waals surface area contributed by atoms with Gasteiger partial charge in [-0.1, -0.05) is 6.04 Å². The van der Waals surface area contributed by atoms with Gasteiger partial charge in [0, 0.05) is 20.8 Å². The Hall–Kier alpha value is 0.0969. The molecule has 1 N–H and O–H groups in total. The highest BCUT2D eigenvalue weighted by atomic mass is 28.2. The molecule has 0 aliphatic carbocycles. The third-order valence-electron chi connectivity index (χ3n) is 1.07. The molecule has 0 heterocycles. The van der Waals surface area contributed by atoms with Crippen LogP contribution >= 0.6 is 0 Å². The Balaban J connectivity index is 3.09. The Morgan fingerprint density at radius 1 is 1.40 bits per heavy atom. The molecule has 0 aromatic heterocycles. The molecule has 0 unspecified atom stereocenters. The maximum Gasteiger partial charge on any atom is 0.136 e. The van der Waals surface area contributed by atoms with Crippen molar-refractivity contribution >= 4 is 9.52 Å². The second-order valence-electron chi connectivity index (χ2n) is 1.83. The lowest BCUT2D eigenvalue weighted by atomic mass is 10.5. The quantitative estimate of drug-likeness (QED) is 0.341. The average Bonchev–Trinajstić information content (AvgIpc) is 1.99. The van der Waals surface area contributed by atoms with Crippen molar-refractivity contribution in [2.75, 3.05) is 20.8 Å². The van der Waals surface area contributed by atoms with Gasteiger partial charge in [-0.05, 0) is 6.42 Å². The van der Waals surface area contributed by atoms with E-state index < -0.39 is 0 Å². The summed E-state index contributed by atoms with van der Waals surface area (Å²) in [6.45, 7) is 0.257. The highest BCUT2D eigenvalue weighted by Gasteiger charge is 2.04. The van der Waals surface area contributed by atoms with Crippen molar-refractivity contribution in [3.05, 3.63) is 0 Å². The zero-order chi connectivity index (χ0) is 7.82. The predicted molar refractivity (Wildman–Crippen MR) is 40.1 cm³/mol. The number of rotatable bonds is 6. The molecule has 0 aromatic rings. The van der Waals surface area contributed by atoms with Crippen LogP contribution in [0.1, 0.15) is 6.42 Å². The van der Waals surface area contributed by atoms with Gasteiger partial charge >= 0.3 is 0 Å². The smallest absolute Gasteiger partial charge is 0.136 e. The Morgan fingerprint density at radius 2 is 2.00 bits per heavy atom. The van der Waals surface area contributed by atoms with Gasteiger partial charge < -0.3 is 14.6 Å². The summed E-state index contributed by atoms with van der Waals surface area (Å²) >= 11 is 0. The van der Waals surface area contributed by atoms with Crippen molar-refractivity contribution in [2.24, 2.45) is 0 Å². The van der Waals surface area contributed by atoms with Gasteiger partial charge in [0.15, 0.2) is 0 Å².